The van der Waals surface area contributed by atoms with Crippen LogP contribution in [-0.2, 0) is 25.5 Å². The highest BCUT2D eigenvalue weighted by Crippen LogP contribution is 2.28. The molecule has 1 aromatic rings. The van der Waals surface area contributed by atoms with E-state index in [0.717, 1.165) is 0 Å². The maximum atomic E-state index is 11.2. The minimum Gasteiger partial charge on any atom is -0.475 e. The van der Waals surface area contributed by atoms with Gasteiger partial charge in [-0.1, -0.05) is 6.07 Å². The summed E-state index contributed by atoms with van der Waals surface area (Å²) in [5, 5.41) is 11.1. The number of nitro groups is 1. The summed E-state index contributed by atoms with van der Waals surface area (Å²) in [5.74, 6) is -1.03. The van der Waals surface area contributed by atoms with Gasteiger partial charge in [0.2, 0.25) is 0 Å². The number of carbonyl (C=O) groups is 2. The lowest BCUT2D eigenvalue weighted by Gasteiger charge is -2.08. The second-order valence-corrected chi connectivity index (χ2v) is 4.23. The first-order valence-electron chi connectivity index (χ1n) is 6.60. The molecule has 0 aliphatic heterocycles. The average Bonchev–Trinajstić information content (AvgIpc) is 2.51. The summed E-state index contributed by atoms with van der Waals surface area (Å²) in [7, 11) is 1.27. The zero-order valence-corrected chi connectivity index (χ0v) is 12.4. The Bertz CT molecular complexity index is 556. The van der Waals surface area contributed by atoms with E-state index in [1.54, 1.807) is 13.0 Å². The maximum Gasteiger partial charge on any atom is 0.344 e. The third kappa shape index (κ3) is 5.39. The van der Waals surface area contributed by atoms with Gasteiger partial charge in [-0.2, -0.15) is 0 Å². The first kappa shape index (κ1) is 17.4. The standard InChI is InChI=1S/C14H17NO7/c1-3-21-14(17)9-22-12-6-4-10(5-7-13(16)20-2)8-11(12)15(18)19/h4,6,8H,3,5,7,9H2,1-2H3. The molecule has 0 spiro atoms. The number of ether oxygens (including phenoxy) is 3. The van der Waals surface area contributed by atoms with Crippen molar-refractivity contribution >= 4 is 17.6 Å². The van der Waals surface area contributed by atoms with E-state index in [0.29, 0.717) is 12.0 Å². The average molecular weight is 311 g/mol. The topological polar surface area (TPSA) is 105 Å². The fraction of sp³-hybridized carbons (Fsp3) is 0.429. The van der Waals surface area contributed by atoms with E-state index in [1.807, 2.05) is 0 Å². The Kier molecular flexibility index (Phi) is 6.81. The monoisotopic (exact) mass is 311 g/mol. The molecule has 0 saturated carbocycles. The number of benzene rings is 1. The number of carbonyl (C=O) groups excluding carboxylic acids is 2. The normalized spacial score (nSPS) is 9.91. The maximum absolute atomic E-state index is 11.2. The van der Waals surface area contributed by atoms with Crippen LogP contribution in [0.5, 0.6) is 5.75 Å². The van der Waals surface area contributed by atoms with Crippen molar-refractivity contribution < 1.29 is 28.7 Å². The van der Waals surface area contributed by atoms with E-state index in [-0.39, 0.29) is 24.5 Å². The van der Waals surface area contributed by atoms with E-state index in [2.05, 4.69) is 9.47 Å². The summed E-state index contributed by atoms with van der Waals surface area (Å²) < 4.78 is 14.3. The Labute approximate surface area is 127 Å². The molecule has 1 aromatic carbocycles. The van der Waals surface area contributed by atoms with E-state index in [4.69, 9.17) is 4.74 Å². The Morgan fingerprint density at radius 1 is 1.27 bits per heavy atom. The second kappa shape index (κ2) is 8.60. The lowest BCUT2D eigenvalue weighted by Crippen LogP contribution is -2.15. The molecule has 0 saturated heterocycles. The number of nitrogens with zero attached hydrogens (tertiary/aromatic N) is 1. The Morgan fingerprint density at radius 2 is 2.00 bits per heavy atom. The van der Waals surface area contributed by atoms with Crippen LogP contribution in [-0.4, -0.2) is 37.2 Å². The quantitative estimate of drug-likeness (QED) is 0.408. The van der Waals surface area contributed by atoms with Crippen molar-refractivity contribution in [3.8, 4) is 5.75 Å². The van der Waals surface area contributed by atoms with Gasteiger partial charge in [0, 0.05) is 12.5 Å². The molecule has 0 radical (unpaired) electrons. The lowest BCUT2D eigenvalue weighted by atomic mass is 10.1. The predicted octanol–water partition coefficient (Wildman–Crippen LogP) is 1.64. The molecule has 0 unspecified atom stereocenters. The van der Waals surface area contributed by atoms with Crippen LogP contribution in [0.3, 0.4) is 0 Å². The molecule has 0 bridgehead atoms. The first-order valence-corrected chi connectivity index (χ1v) is 6.60. The van der Waals surface area contributed by atoms with E-state index < -0.39 is 23.5 Å². The molecule has 0 aliphatic rings. The van der Waals surface area contributed by atoms with Gasteiger partial charge in [-0.05, 0) is 25.0 Å². The zero-order chi connectivity index (χ0) is 16.5. The highest BCUT2D eigenvalue weighted by atomic mass is 16.6. The minimum absolute atomic E-state index is 0.0279. The van der Waals surface area contributed by atoms with Crippen LogP contribution in [0.15, 0.2) is 18.2 Å². The van der Waals surface area contributed by atoms with Gasteiger partial charge in [-0.3, -0.25) is 14.9 Å². The van der Waals surface area contributed by atoms with Crippen LogP contribution in [0.4, 0.5) is 5.69 Å². The van der Waals surface area contributed by atoms with Gasteiger partial charge >= 0.3 is 17.6 Å². The fourth-order valence-corrected chi connectivity index (χ4v) is 1.67. The van der Waals surface area contributed by atoms with Gasteiger partial charge in [-0.25, -0.2) is 4.79 Å². The van der Waals surface area contributed by atoms with Gasteiger partial charge < -0.3 is 14.2 Å². The van der Waals surface area contributed by atoms with Crippen LogP contribution in [0.1, 0.15) is 18.9 Å². The van der Waals surface area contributed by atoms with Crippen LogP contribution in [0.2, 0.25) is 0 Å². The van der Waals surface area contributed by atoms with Crippen molar-refractivity contribution in [2.75, 3.05) is 20.3 Å². The zero-order valence-electron chi connectivity index (χ0n) is 12.4. The number of methoxy groups -OCH3 is 1. The summed E-state index contributed by atoms with van der Waals surface area (Å²) in [6.45, 7) is 1.45. The molecule has 0 fully saturated rings. The van der Waals surface area contributed by atoms with Gasteiger partial charge in [0.05, 0.1) is 18.6 Å². The SMILES string of the molecule is CCOC(=O)COc1ccc(CCC(=O)OC)cc1[N+](=O)[O-]. The van der Waals surface area contributed by atoms with Crippen molar-refractivity contribution in [2.24, 2.45) is 0 Å². The largest absolute Gasteiger partial charge is 0.475 e. The van der Waals surface area contributed by atoms with Gasteiger partial charge in [0.25, 0.3) is 0 Å². The van der Waals surface area contributed by atoms with E-state index in [1.165, 1.54) is 19.2 Å². The molecule has 0 atom stereocenters. The van der Waals surface area contributed by atoms with Crippen LogP contribution in [0, 0.1) is 10.1 Å². The van der Waals surface area contributed by atoms with Crippen LogP contribution >= 0.6 is 0 Å². The summed E-state index contributed by atoms with van der Waals surface area (Å²) >= 11 is 0. The number of aryl methyl sites for hydroxylation is 1. The molecule has 0 heterocycles. The third-order valence-corrected chi connectivity index (χ3v) is 2.72. The van der Waals surface area contributed by atoms with Crippen molar-refractivity contribution in [3.63, 3.8) is 0 Å². The summed E-state index contributed by atoms with van der Waals surface area (Å²) in [4.78, 5) is 32.7. The van der Waals surface area contributed by atoms with Gasteiger partial charge in [0.1, 0.15) is 0 Å². The van der Waals surface area contributed by atoms with Crippen molar-refractivity contribution in [1.29, 1.82) is 0 Å². The van der Waals surface area contributed by atoms with Crippen molar-refractivity contribution in [1.82, 2.24) is 0 Å². The third-order valence-electron chi connectivity index (χ3n) is 2.72. The molecule has 120 valence electrons. The smallest absolute Gasteiger partial charge is 0.344 e. The fourth-order valence-electron chi connectivity index (χ4n) is 1.67. The second-order valence-electron chi connectivity index (χ2n) is 4.23. The molecular weight excluding hydrogens is 294 g/mol. The molecule has 0 amide bonds. The van der Waals surface area contributed by atoms with E-state index in [9.17, 15) is 19.7 Å². The molecule has 0 N–H and O–H groups in total. The molecule has 8 heteroatoms. The van der Waals surface area contributed by atoms with Crippen LogP contribution < -0.4 is 4.74 Å². The first-order chi connectivity index (χ1) is 10.5. The summed E-state index contributed by atoms with van der Waals surface area (Å²) in [6, 6.07) is 4.30. The number of hydrogen-bond acceptors (Lipinski definition) is 7. The predicted molar refractivity (Wildman–Crippen MR) is 75.6 cm³/mol. The molecule has 22 heavy (non-hydrogen) atoms. The summed E-state index contributed by atoms with van der Waals surface area (Å²) in [5.41, 5.74) is 0.326. The van der Waals surface area contributed by atoms with E-state index >= 15 is 0 Å². The number of esters is 2. The van der Waals surface area contributed by atoms with Crippen LogP contribution in [0.25, 0.3) is 0 Å². The Hall–Kier alpha value is -2.64. The molecule has 8 nitrogen and oxygen atoms in total. The highest BCUT2D eigenvalue weighted by molar-refractivity contribution is 5.71. The lowest BCUT2D eigenvalue weighted by molar-refractivity contribution is -0.385. The minimum atomic E-state index is -0.609. The van der Waals surface area contributed by atoms with Gasteiger partial charge in [-0.15, -0.1) is 0 Å². The van der Waals surface area contributed by atoms with Gasteiger partial charge in [0.15, 0.2) is 12.4 Å². The number of rotatable bonds is 8. The molecule has 0 aliphatic carbocycles. The number of nitro benzene ring substituents is 1. The molecular formula is C14H17NO7. The molecule has 0 aromatic heterocycles. The Morgan fingerprint density at radius 3 is 2.59 bits per heavy atom. The summed E-state index contributed by atoms with van der Waals surface area (Å²) in [6.07, 6.45) is 0.433. The Balaban J connectivity index is 2.79. The number of hydrogen-bond donors (Lipinski definition) is 0. The highest BCUT2D eigenvalue weighted by Gasteiger charge is 2.17. The van der Waals surface area contributed by atoms with Crippen molar-refractivity contribution in [3.05, 3.63) is 33.9 Å². The molecule has 1 rings (SSSR count). The van der Waals surface area contributed by atoms with Crippen molar-refractivity contribution in [2.45, 2.75) is 19.8 Å².